The molecule has 3 N–H and O–H groups in total. The molecule has 0 fully saturated rings. The Kier molecular flexibility index (Phi) is 5.97. The fourth-order valence-electron chi connectivity index (χ4n) is 3.89. The minimum absolute atomic E-state index is 0.0241. The summed E-state index contributed by atoms with van der Waals surface area (Å²) in [6.45, 7) is 7.85. The number of benzene rings is 1. The third-order valence-corrected chi connectivity index (χ3v) is 5.25. The molecule has 0 bridgehead atoms. The molecule has 0 spiro atoms. The molecule has 1 aliphatic carbocycles. The number of aryl methyl sites for hydroxylation is 1. The number of hydrogen-bond acceptors (Lipinski definition) is 3. The molecule has 0 saturated carbocycles. The summed E-state index contributed by atoms with van der Waals surface area (Å²) in [5.74, 6) is 0.103. The fourth-order valence-corrected chi connectivity index (χ4v) is 3.89. The van der Waals surface area contributed by atoms with E-state index in [1.165, 1.54) is 5.57 Å². The van der Waals surface area contributed by atoms with Gasteiger partial charge in [-0.15, -0.1) is 0 Å². The highest BCUT2D eigenvalue weighted by Gasteiger charge is 2.38. The van der Waals surface area contributed by atoms with Crippen LogP contribution in [0.2, 0.25) is 0 Å². The summed E-state index contributed by atoms with van der Waals surface area (Å²) in [6.07, 6.45) is 8.12. The van der Waals surface area contributed by atoms with Gasteiger partial charge in [-0.05, 0) is 70.1 Å². The maximum absolute atomic E-state index is 10.6. The highest BCUT2D eigenvalue weighted by Crippen LogP contribution is 2.47. The lowest BCUT2D eigenvalue weighted by Gasteiger charge is -2.38. The second-order valence-electron chi connectivity index (χ2n) is 7.84. The number of unbranched alkanes of at least 4 members (excludes halogenated alkanes) is 2. The second kappa shape index (κ2) is 7.60. The standard InChI is InChI=1S/C21H32O3/c1-5-6-7-8-15-12-18(22)20(19(23)13-15)16-11-14(2)9-10-17(16)21(3,4)24/h11-13,16-17,22-24H,5-10H2,1-4H3/t16-,17+/m0/s1. The van der Waals surface area contributed by atoms with Gasteiger partial charge in [-0.25, -0.2) is 0 Å². The van der Waals surface area contributed by atoms with Crippen LogP contribution >= 0.6 is 0 Å². The molecule has 0 heterocycles. The predicted molar refractivity (Wildman–Crippen MR) is 98.5 cm³/mol. The average Bonchev–Trinajstić information content (AvgIpc) is 2.45. The van der Waals surface area contributed by atoms with Gasteiger partial charge in [0.2, 0.25) is 0 Å². The first kappa shape index (κ1) is 18.9. The largest absolute Gasteiger partial charge is 0.507 e. The van der Waals surface area contributed by atoms with E-state index in [1.54, 1.807) is 12.1 Å². The number of aromatic hydroxyl groups is 2. The van der Waals surface area contributed by atoms with Crippen molar-refractivity contribution in [3.05, 3.63) is 34.9 Å². The molecule has 1 aliphatic rings. The third kappa shape index (κ3) is 4.32. The second-order valence-corrected chi connectivity index (χ2v) is 7.84. The minimum Gasteiger partial charge on any atom is -0.507 e. The summed E-state index contributed by atoms with van der Waals surface area (Å²) >= 11 is 0. The van der Waals surface area contributed by atoms with E-state index in [4.69, 9.17) is 0 Å². The maximum atomic E-state index is 10.6. The zero-order valence-electron chi connectivity index (χ0n) is 15.5. The van der Waals surface area contributed by atoms with Crippen LogP contribution in [0.25, 0.3) is 0 Å². The van der Waals surface area contributed by atoms with Gasteiger partial charge in [0.15, 0.2) is 0 Å². The number of phenols is 2. The molecule has 2 atom stereocenters. The molecule has 134 valence electrons. The van der Waals surface area contributed by atoms with Crippen LogP contribution < -0.4 is 0 Å². The number of allylic oxidation sites excluding steroid dienone is 2. The van der Waals surface area contributed by atoms with Gasteiger partial charge in [0.25, 0.3) is 0 Å². The van der Waals surface area contributed by atoms with E-state index >= 15 is 0 Å². The zero-order chi connectivity index (χ0) is 17.9. The Morgan fingerprint density at radius 2 is 1.75 bits per heavy atom. The summed E-state index contributed by atoms with van der Waals surface area (Å²) in [7, 11) is 0. The Hall–Kier alpha value is -1.48. The highest BCUT2D eigenvalue weighted by molar-refractivity contribution is 5.51. The lowest BCUT2D eigenvalue weighted by atomic mass is 9.69. The number of hydrogen-bond donors (Lipinski definition) is 3. The van der Waals surface area contributed by atoms with Crippen molar-refractivity contribution in [2.75, 3.05) is 0 Å². The predicted octanol–water partition coefficient (Wildman–Crippen LogP) is 5.04. The maximum Gasteiger partial charge on any atom is 0.123 e. The fraction of sp³-hybridized carbons (Fsp3) is 0.619. The van der Waals surface area contributed by atoms with E-state index in [9.17, 15) is 15.3 Å². The molecule has 1 aromatic rings. The number of aliphatic hydroxyl groups is 1. The smallest absolute Gasteiger partial charge is 0.123 e. The van der Waals surface area contributed by atoms with Crippen molar-refractivity contribution in [1.82, 2.24) is 0 Å². The SMILES string of the molecule is CCCCCc1cc(O)c([C@H]2C=C(C)CC[C@H]2C(C)(C)O)c(O)c1. The van der Waals surface area contributed by atoms with Gasteiger partial charge in [-0.3, -0.25) is 0 Å². The number of phenolic OH excluding ortho intramolecular Hbond substituents is 2. The van der Waals surface area contributed by atoms with Gasteiger partial charge in [0.05, 0.1) is 5.60 Å². The van der Waals surface area contributed by atoms with Gasteiger partial charge >= 0.3 is 0 Å². The molecular formula is C21H32O3. The van der Waals surface area contributed by atoms with Crippen molar-refractivity contribution in [3.63, 3.8) is 0 Å². The summed E-state index contributed by atoms with van der Waals surface area (Å²) in [5.41, 5.74) is 1.91. The average molecular weight is 332 g/mol. The molecule has 0 amide bonds. The quantitative estimate of drug-likeness (QED) is 0.505. The minimum atomic E-state index is -0.861. The van der Waals surface area contributed by atoms with Crippen LogP contribution in [0, 0.1) is 5.92 Å². The van der Waals surface area contributed by atoms with Gasteiger partial charge in [-0.2, -0.15) is 0 Å². The van der Waals surface area contributed by atoms with E-state index in [-0.39, 0.29) is 23.3 Å². The van der Waals surface area contributed by atoms with Crippen LogP contribution in [0.15, 0.2) is 23.8 Å². The Bertz CT molecular complexity index is 573. The molecular weight excluding hydrogens is 300 g/mol. The van der Waals surface area contributed by atoms with Crippen LogP contribution in [-0.4, -0.2) is 20.9 Å². The van der Waals surface area contributed by atoms with E-state index in [2.05, 4.69) is 19.9 Å². The van der Waals surface area contributed by atoms with Crippen LogP contribution in [0.5, 0.6) is 11.5 Å². The van der Waals surface area contributed by atoms with E-state index < -0.39 is 5.60 Å². The lowest BCUT2D eigenvalue weighted by Crippen LogP contribution is -2.36. The molecule has 0 saturated heterocycles. The Balaban J connectivity index is 2.36. The van der Waals surface area contributed by atoms with Crippen LogP contribution in [0.3, 0.4) is 0 Å². The normalized spacial score (nSPS) is 21.6. The highest BCUT2D eigenvalue weighted by atomic mass is 16.3. The summed E-state index contributed by atoms with van der Waals surface area (Å²) < 4.78 is 0. The lowest BCUT2D eigenvalue weighted by molar-refractivity contribution is 0.00421. The number of rotatable bonds is 6. The molecule has 3 nitrogen and oxygen atoms in total. The van der Waals surface area contributed by atoms with E-state index in [0.717, 1.165) is 44.1 Å². The molecule has 3 heteroatoms. The Morgan fingerprint density at radius 3 is 2.29 bits per heavy atom. The van der Waals surface area contributed by atoms with E-state index in [0.29, 0.717) is 5.56 Å². The molecule has 1 aromatic carbocycles. The van der Waals surface area contributed by atoms with Crippen molar-refractivity contribution < 1.29 is 15.3 Å². The third-order valence-electron chi connectivity index (χ3n) is 5.25. The molecule has 24 heavy (non-hydrogen) atoms. The Morgan fingerprint density at radius 1 is 1.12 bits per heavy atom. The van der Waals surface area contributed by atoms with Crippen molar-refractivity contribution in [2.24, 2.45) is 5.92 Å². The first-order valence-electron chi connectivity index (χ1n) is 9.18. The first-order valence-corrected chi connectivity index (χ1v) is 9.18. The van der Waals surface area contributed by atoms with Crippen molar-refractivity contribution in [3.8, 4) is 11.5 Å². The molecule has 0 unspecified atom stereocenters. The monoisotopic (exact) mass is 332 g/mol. The van der Waals surface area contributed by atoms with Crippen molar-refractivity contribution >= 4 is 0 Å². The van der Waals surface area contributed by atoms with E-state index in [1.807, 2.05) is 13.8 Å². The van der Waals surface area contributed by atoms with Crippen LogP contribution in [0.1, 0.15) is 76.8 Å². The summed E-state index contributed by atoms with van der Waals surface area (Å²) in [4.78, 5) is 0. The molecule has 0 aliphatic heterocycles. The van der Waals surface area contributed by atoms with Crippen LogP contribution in [0.4, 0.5) is 0 Å². The zero-order valence-corrected chi connectivity index (χ0v) is 15.5. The first-order chi connectivity index (χ1) is 11.2. The van der Waals surface area contributed by atoms with Gasteiger partial charge in [-0.1, -0.05) is 31.4 Å². The van der Waals surface area contributed by atoms with Gasteiger partial charge in [0, 0.05) is 11.5 Å². The van der Waals surface area contributed by atoms with Gasteiger partial charge < -0.3 is 15.3 Å². The molecule has 0 radical (unpaired) electrons. The summed E-state index contributed by atoms with van der Waals surface area (Å²) in [5, 5.41) is 31.7. The molecule has 0 aromatic heterocycles. The summed E-state index contributed by atoms with van der Waals surface area (Å²) in [6, 6.07) is 3.56. The van der Waals surface area contributed by atoms with Crippen molar-refractivity contribution in [2.45, 2.75) is 77.7 Å². The Labute approximate surface area is 146 Å². The van der Waals surface area contributed by atoms with Crippen molar-refractivity contribution in [1.29, 1.82) is 0 Å². The van der Waals surface area contributed by atoms with Crippen LogP contribution in [-0.2, 0) is 6.42 Å². The topological polar surface area (TPSA) is 60.7 Å². The van der Waals surface area contributed by atoms with Gasteiger partial charge in [0.1, 0.15) is 11.5 Å². The molecule has 2 rings (SSSR count).